The van der Waals surface area contributed by atoms with E-state index < -0.39 is 15.8 Å². The zero-order chi connectivity index (χ0) is 17.7. The number of benzene rings is 1. The van der Waals surface area contributed by atoms with Crippen LogP contribution in [0.4, 0.5) is 4.39 Å². The van der Waals surface area contributed by atoms with Gasteiger partial charge in [0.2, 0.25) is 10.0 Å². The van der Waals surface area contributed by atoms with Gasteiger partial charge in [0.1, 0.15) is 0 Å². The van der Waals surface area contributed by atoms with Gasteiger partial charge < -0.3 is 9.64 Å². The second kappa shape index (κ2) is 7.94. The highest BCUT2D eigenvalue weighted by atomic mass is 32.2. The lowest BCUT2D eigenvalue weighted by molar-refractivity contribution is 0.0763. The van der Waals surface area contributed by atoms with E-state index >= 15 is 0 Å². The van der Waals surface area contributed by atoms with Crippen LogP contribution in [0.25, 0.3) is 0 Å². The van der Waals surface area contributed by atoms with Gasteiger partial charge in [0, 0.05) is 31.7 Å². The molecule has 0 aliphatic carbocycles. The van der Waals surface area contributed by atoms with Crippen molar-refractivity contribution in [2.24, 2.45) is 0 Å². The highest BCUT2D eigenvalue weighted by molar-refractivity contribution is 7.89. The van der Waals surface area contributed by atoms with Crippen molar-refractivity contribution < 1.29 is 22.3 Å². The van der Waals surface area contributed by atoms with Gasteiger partial charge in [0.25, 0.3) is 5.91 Å². The third kappa shape index (κ3) is 4.24. The molecule has 1 aliphatic rings. The number of nitrogens with zero attached hydrogens (tertiary/aromatic N) is 2. The lowest BCUT2D eigenvalue weighted by Gasteiger charge is -2.21. The SMILES string of the molecule is CCOc1ccc(C(=O)N2CCCN(S(=O)(=O)CC)CC2)cc1F. The molecule has 1 fully saturated rings. The smallest absolute Gasteiger partial charge is 0.254 e. The van der Waals surface area contributed by atoms with E-state index in [9.17, 15) is 17.6 Å². The number of carbonyl (C=O) groups excluding carboxylic acids is 1. The van der Waals surface area contributed by atoms with Gasteiger partial charge in [-0.1, -0.05) is 0 Å². The molecule has 1 amide bonds. The summed E-state index contributed by atoms with van der Waals surface area (Å²) >= 11 is 0. The zero-order valence-corrected chi connectivity index (χ0v) is 14.8. The Hall–Kier alpha value is -1.67. The van der Waals surface area contributed by atoms with Crippen LogP contribution < -0.4 is 4.74 Å². The highest BCUT2D eigenvalue weighted by Gasteiger charge is 2.26. The molecule has 8 heteroatoms. The van der Waals surface area contributed by atoms with Gasteiger partial charge in [0.05, 0.1) is 12.4 Å². The summed E-state index contributed by atoms with van der Waals surface area (Å²) in [7, 11) is -3.26. The lowest BCUT2D eigenvalue weighted by atomic mass is 10.1. The lowest BCUT2D eigenvalue weighted by Crippen LogP contribution is -2.38. The van der Waals surface area contributed by atoms with Gasteiger partial charge in [-0.05, 0) is 38.5 Å². The molecule has 2 rings (SSSR count). The summed E-state index contributed by atoms with van der Waals surface area (Å²) in [5.41, 5.74) is 0.239. The van der Waals surface area contributed by atoms with Crippen molar-refractivity contribution in [2.75, 3.05) is 38.5 Å². The average molecular weight is 358 g/mol. The Morgan fingerprint density at radius 1 is 1.21 bits per heavy atom. The topological polar surface area (TPSA) is 66.9 Å². The monoisotopic (exact) mass is 358 g/mol. The van der Waals surface area contributed by atoms with Crippen LogP contribution in [-0.2, 0) is 10.0 Å². The molecule has 24 heavy (non-hydrogen) atoms. The summed E-state index contributed by atoms with van der Waals surface area (Å²) in [4.78, 5) is 14.1. The van der Waals surface area contributed by atoms with Crippen LogP contribution in [0.15, 0.2) is 18.2 Å². The van der Waals surface area contributed by atoms with Gasteiger partial charge in [-0.2, -0.15) is 0 Å². The van der Waals surface area contributed by atoms with Crippen LogP contribution in [0.1, 0.15) is 30.6 Å². The van der Waals surface area contributed by atoms with E-state index in [4.69, 9.17) is 4.74 Å². The number of amides is 1. The maximum absolute atomic E-state index is 13.9. The Balaban J connectivity index is 2.09. The molecule has 1 heterocycles. The highest BCUT2D eigenvalue weighted by Crippen LogP contribution is 2.20. The molecule has 0 spiro atoms. The van der Waals surface area contributed by atoms with E-state index in [0.717, 1.165) is 0 Å². The fraction of sp³-hybridized carbons (Fsp3) is 0.562. The van der Waals surface area contributed by atoms with Crippen molar-refractivity contribution in [3.63, 3.8) is 0 Å². The number of carbonyl (C=O) groups is 1. The van der Waals surface area contributed by atoms with Gasteiger partial charge in [-0.25, -0.2) is 17.1 Å². The first-order chi connectivity index (χ1) is 11.4. The van der Waals surface area contributed by atoms with Crippen molar-refractivity contribution in [2.45, 2.75) is 20.3 Å². The van der Waals surface area contributed by atoms with Crippen molar-refractivity contribution in [1.29, 1.82) is 0 Å². The molecule has 0 unspecified atom stereocenters. The molecular weight excluding hydrogens is 335 g/mol. The molecule has 0 bridgehead atoms. The minimum Gasteiger partial charge on any atom is -0.491 e. The molecular formula is C16H23FN2O4S. The number of halogens is 1. The van der Waals surface area contributed by atoms with Crippen molar-refractivity contribution >= 4 is 15.9 Å². The predicted molar refractivity (Wildman–Crippen MR) is 89.1 cm³/mol. The molecule has 0 N–H and O–H groups in total. The fourth-order valence-corrected chi connectivity index (χ4v) is 3.78. The van der Waals surface area contributed by atoms with Crippen molar-refractivity contribution in [3.05, 3.63) is 29.6 Å². The Kier molecular flexibility index (Phi) is 6.17. The van der Waals surface area contributed by atoms with Crippen LogP contribution in [-0.4, -0.2) is 62.1 Å². The summed E-state index contributed by atoms with van der Waals surface area (Å²) in [6.07, 6.45) is 0.560. The summed E-state index contributed by atoms with van der Waals surface area (Å²) in [5.74, 6) is -0.712. The molecule has 6 nitrogen and oxygen atoms in total. The van der Waals surface area contributed by atoms with E-state index in [0.29, 0.717) is 32.7 Å². The van der Waals surface area contributed by atoms with Crippen LogP contribution >= 0.6 is 0 Å². The molecule has 0 aromatic heterocycles. The number of rotatable bonds is 5. The zero-order valence-electron chi connectivity index (χ0n) is 14.0. The van der Waals surface area contributed by atoms with E-state index in [1.807, 2.05) is 0 Å². The fourth-order valence-electron chi connectivity index (χ4n) is 2.65. The molecule has 0 saturated carbocycles. The first kappa shape index (κ1) is 18.7. The van der Waals surface area contributed by atoms with E-state index in [-0.39, 0.29) is 29.5 Å². The first-order valence-electron chi connectivity index (χ1n) is 8.08. The van der Waals surface area contributed by atoms with Gasteiger partial charge in [0.15, 0.2) is 11.6 Å². The number of sulfonamides is 1. The molecule has 134 valence electrons. The number of hydrogen-bond donors (Lipinski definition) is 0. The average Bonchev–Trinajstić information content (AvgIpc) is 2.83. The predicted octanol–water partition coefficient (Wildman–Crippen LogP) is 1.72. The molecule has 1 aromatic carbocycles. The van der Waals surface area contributed by atoms with Crippen molar-refractivity contribution in [3.8, 4) is 5.75 Å². The molecule has 0 atom stereocenters. The second-order valence-electron chi connectivity index (χ2n) is 5.52. The summed E-state index contributed by atoms with van der Waals surface area (Å²) in [5, 5.41) is 0. The third-order valence-electron chi connectivity index (χ3n) is 3.98. The normalized spacial score (nSPS) is 16.7. The van der Waals surface area contributed by atoms with Crippen LogP contribution in [0, 0.1) is 5.82 Å². The van der Waals surface area contributed by atoms with E-state index in [1.165, 1.54) is 22.5 Å². The summed E-state index contributed by atoms with van der Waals surface area (Å²) in [6, 6.07) is 4.14. The van der Waals surface area contributed by atoms with Gasteiger partial charge >= 0.3 is 0 Å². The Morgan fingerprint density at radius 2 is 1.96 bits per heavy atom. The summed E-state index contributed by atoms with van der Waals surface area (Å²) < 4.78 is 44.4. The maximum atomic E-state index is 13.9. The van der Waals surface area contributed by atoms with E-state index in [1.54, 1.807) is 18.7 Å². The number of hydrogen-bond acceptors (Lipinski definition) is 4. The van der Waals surface area contributed by atoms with Gasteiger partial charge in [-0.3, -0.25) is 4.79 Å². The standard InChI is InChI=1S/C16H23FN2O4S/c1-3-23-15-7-6-13(12-14(15)17)16(20)18-8-5-9-19(11-10-18)24(21,22)4-2/h6-7,12H,3-5,8-11H2,1-2H3. The molecule has 0 radical (unpaired) electrons. The third-order valence-corrected chi connectivity index (χ3v) is 5.86. The Labute approximate surface area is 142 Å². The van der Waals surface area contributed by atoms with Crippen LogP contribution in [0.5, 0.6) is 5.75 Å². The Morgan fingerprint density at radius 3 is 2.58 bits per heavy atom. The maximum Gasteiger partial charge on any atom is 0.254 e. The van der Waals surface area contributed by atoms with E-state index in [2.05, 4.69) is 0 Å². The first-order valence-corrected chi connectivity index (χ1v) is 9.69. The van der Waals surface area contributed by atoms with Crippen LogP contribution in [0.2, 0.25) is 0 Å². The molecule has 1 aromatic rings. The minimum atomic E-state index is -3.26. The largest absolute Gasteiger partial charge is 0.491 e. The minimum absolute atomic E-state index is 0.0467. The molecule has 1 saturated heterocycles. The van der Waals surface area contributed by atoms with Crippen molar-refractivity contribution in [1.82, 2.24) is 9.21 Å². The number of ether oxygens (including phenoxy) is 1. The van der Waals surface area contributed by atoms with Crippen LogP contribution in [0.3, 0.4) is 0 Å². The Bertz CT molecular complexity index is 693. The molecule has 1 aliphatic heterocycles. The summed E-state index contributed by atoms with van der Waals surface area (Å²) in [6.45, 7) is 5.12. The van der Waals surface area contributed by atoms with Gasteiger partial charge in [-0.15, -0.1) is 0 Å². The second-order valence-corrected chi connectivity index (χ2v) is 7.78. The quantitative estimate of drug-likeness (QED) is 0.804.